The van der Waals surface area contributed by atoms with Crippen molar-refractivity contribution in [3.05, 3.63) is 77.8 Å². The molecule has 2 N–H and O–H groups in total. The molecule has 0 bridgehead atoms. The zero-order valence-electron chi connectivity index (χ0n) is 10.9. The summed E-state index contributed by atoms with van der Waals surface area (Å²) in [6.45, 7) is 0. The molecule has 0 heterocycles. The van der Waals surface area contributed by atoms with Gasteiger partial charge in [-0.3, -0.25) is 0 Å². The standard InChI is InChI=1S/C18H14ClN/c19-17-12-16(10-11-18(17)20)15-8-6-14(7-9-15)13-4-2-1-3-5-13/h1-12H,20H2. The Morgan fingerprint density at radius 2 is 1.10 bits per heavy atom. The third-order valence-corrected chi connectivity index (χ3v) is 3.65. The van der Waals surface area contributed by atoms with Crippen molar-refractivity contribution >= 4 is 17.3 Å². The van der Waals surface area contributed by atoms with Gasteiger partial charge in [-0.1, -0.05) is 72.3 Å². The van der Waals surface area contributed by atoms with Gasteiger partial charge < -0.3 is 5.73 Å². The molecule has 0 aliphatic carbocycles. The number of hydrogen-bond donors (Lipinski definition) is 1. The molecule has 20 heavy (non-hydrogen) atoms. The number of rotatable bonds is 2. The molecule has 0 radical (unpaired) electrons. The number of nitrogen functional groups attached to an aromatic ring is 1. The molecule has 0 spiro atoms. The topological polar surface area (TPSA) is 26.0 Å². The third kappa shape index (κ3) is 2.54. The first kappa shape index (κ1) is 12.8. The Labute approximate surface area is 123 Å². The minimum Gasteiger partial charge on any atom is -0.398 e. The monoisotopic (exact) mass is 279 g/mol. The van der Waals surface area contributed by atoms with Crippen LogP contribution in [-0.2, 0) is 0 Å². The number of anilines is 1. The van der Waals surface area contributed by atoms with Gasteiger partial charge in [0.1, 0.15) is 0 Å². The maximum Gasteiger partial charge on any atom is 0.0641 e. The first-order chi connectivity index (χ1) is 9.74. The van der Waals surface area contributed by atoms with Gasteiger partial charge in [0.25, 0.3) is 0 Å². The van der Waals surface area contributed by atoms with Crippen LogP contribution in [0.5, 0.6) is 0 Å². The van der Waals surface area contributed by atoms with Gasteiger partial charge in [0.2, 0.25) is 0 Å². The van der Waals surface area contributed by atoms with E-state index in [0.717, 1.165) is 11.1 Å². The highest BCUT2D eigenvalue weighted by molar-refractivity contribution is 6.33. The van der Waals surface area contributed by atoms with Crippen LogP contribution >= 0.6 is 11.6 Å². The first-order valence-corrected chi connectivity index (χ1v) is 6.83. The van der Waals surface area contributed by atoms with E-state index in [0.29, 0.717) is 10.7 Å². The molecular weight excluding hydrogens is 266 g/mol. The van der Waals surface area contributed by atoms with Gasteiger partial charge >= 0.3 is 0 Å². The van der Waals surface area contributed by atoms with E-state index >= 15 is 0 Å². The zero-order valence-corrected chi connectivity index (χ0v) is 11.6. The lowest BCUT2D eigenvalue weighted by atomic mass is 10.0. The van der Waals surface area contributed by atoms with Crippen molar-refractivity contribution in [2.24, 2.45) is 0 Å². The van der Waals surface area contributed by atoms with Crippen LogP contribution in [0.4, 0.5) is 5.69 Å². The van der Waals surface area contributed by atoms with E-state index in [1.165, 1.54) is 11.1 Å². The van der Waals surface area contributed by atoms with Crippen LogP contribution in [0.25, 0.3) is 22.3 Å². The normalized spacial score (nSPS) is 10.4. The fourth-order valence-corrected chi connectivity index (χ4v) is 2.37. The summed E-state index contributed by atoms with van der Waals surface area (Å²) in [5.41, 5.74) is 11.0. The van der Waals surface area contributed by atoms with Crippen molar-refractivity contribution in [1.29, 1.82) is 0 Å². The molecule has 3 rings (SSSR count). The van der Waals surface area contributed by atoms with Crippen LogP contribution in [0, 0.1) is 0 Å². The van der Waals surface area contributed by atoms with E-state index in [9.17, 15) is 0 Å². The lowest BCUT2D eigenvalue weighted by Crippen LogP contribution is -1.86. The highest BCUT2D eigenvalue weighted by atomic mass is 35.5. The van der Waals surface area contributed by atoms with Crippen molar-refractivity contribution in [3.63, 3.8) is 0 Å². The molecule has 2 heteroatoms. The smallest absolute Gasteiger partial charge is 0.0641 e. The molecule has 3 aromatic carbocycles. The molecule has 0 saturated heterocycles. The second-order valence-corrected chi connectivity index (χ2v) is 5.09. The Kier molecular flexibility index (Phi) is 3.44. The maximum atomic E-state index is 6.07. The summed E-state index contributed by atoms with van der Waals surface area (Å²) < 4.78 is 0. The molecule has 0 aliphatic heterocycles. The van der Waals surface area contributed by atoms with Gasteiger partial charge in [-0.15, -0.1) is 0 Å². The minimum atomic E-state index is 0.592. The van der Waals surface area contributed by atoms with Crippen molar-refractivity contribution in [3.8, 4) is 22.3 Å². The van der Waals surface area contributed by atoms with Gasteiger partial charge in [0.05, 0.1) is 10.7 Å². The fraction of sp³-hybridized carbons (Fsp3) is 0. The predicted octanol–water partition coefficient (Wildman–Crippen LogP) is 5.26. The van der Waals surface area contributed by atoms with Crippen LogP contribution in [0.3, 0.4) is 0 Å². The molecule has 0 unspecified atom stereocenters. The second kappa shape index (κ2) is 5.40. The fourth-order valence-electron chi connectivity index (χ4n) is 2.19. The van der Waals surface area contributed by atoms with E-state index in [4.69, 9.17) is 17.3 Å². The SMILES string of the molecule is Nc1ccc(-c2ccc(-c3ccccc3)cc2)cc1Cl. The molecule has 0 atom stereocenters. The summed E-state index contributed by atoms with van der Waals surface area (Å²) in [7, 11) is 0. The van der Waals surface area contributed by atoms with E-state index in [1.54, 1.807) is 0 Å². The average Bonchev–Trinajstić information content (AvgIpc) is 2.51. The van der Waals surface area contributed by atoms with Gasteiger partial charge in [0.15, 0.2) is 0 Å². The Balaban J connectivity index is 1.95. The predicted molar refractivity (Wildman–Crippen MR) is 86.7 cm³/mol. The Morgan fingerprint density at radius 3 is 1.70 bits per heavy atom. The minimum absolute atomic E-state index is 0.592. The molecule has 98 valence electrons. The number of nitrogens with two attached hydrogens (primary N) is 1. The molecule has 0 amide bonds. The molecule has 1 nitrogen and oxygen atoms in total. The highest BCUT2D eigenvalue weighted by Gasteiger charge is 2.02. The summed E-state index contributed by atoms with van der Waals surface area (Å²) in [5.74, 6) is 0. The maximum absolute atomic E-state index is 6.07. The first-order valence-electron chi connectivity index (χ1n) is 6.45. The van der Waals surface area contributed by atoms with E-state index in [1.807, 2.05) is 36.4 Å². The Bertz CT molecular complexity index is 718. The molecular formula is C18H14ClN. The van der Waals surface area contributed by atoms with Gasteiger partial charge in [-0.25, -0.2) is 0 Å². The van der Waals surface area contributed by atoms with Crippen LogP contribution in [0.15, 0.2) is 72.8 Å². The van der Waals surface area contributed by atoms with Crippen molar-refractivity contribution < 1.29 is 0 Å². The van der Waals surface area contributed by atoms with Crippen LogP contribution in [-0.4, -0.2) is 0 Å². The van der Waals surface area contributed by atoms with Crippen LogP contribution in [0.2, 0.25) is 5.02 Å². The second-order valence-electron chi connectivity index (χ2n) is 4.68. The largest absolute Gasteiger partial charge is 0.398 e. The number of halogens is 1. The summed E-state index contributed by atoms with van der Waals surface area (Å²) in [4.78, 5) is 0. The highest BCUT2D eigenvalue weighted by Crippen LogP contribution is 2.28. The molecule has 0 fully saturated rings. The van der Waals surface area contributed by atoms with Crippen molar-refractivity contribution in [2.75, 3.05) is 5.73 Å². The summed E-state index contributed by atoms with van der Waals surface area (Å²) in [6.07, 6.45) is 0. The van der Waals surface area contributed by atoms with E-state index in [-0.39, 0.29) is 0 Å². The molecule has 0 saturated carbocycles. The quantitative estimate of drug-likeness (QED) is 0.637. The Morgan fingerprint density at radius 1 is 0.600 bits per heavy atom. The summed E-state index contributed by atoms with van der Waals surface area (Å²) in [5, 5.41) is 0.592. The van der Waals surface area contributed by atoms with Crippen LogP contribution < -0.4 is 5.73 Å². The lowest BCUT2D eigenvalue weighted by Gasteiger charge is -2.06. The van der Waals surface area contributed by atoms with Gasteiger partial charge in [-0.05, 0) is 34.4 Å². The van der Waals surface area contributed by atoms with Gasteiger partial charge in [-0.2, -0.15) is 0 Å². The van der Waals surface area contributed by atoms with E-state index in [2.05, 4.69) is 36.4 Å². The van der Waals surface area contributed by atoms with Crippen molar-refractivity contribution in [1.82, 2.24) is 0 Å². The molecule has 0 aromatic heterocycles. The Hall–Kier alpha value is -2.25. The zero-order chi connectivity index (χ0) is 13.9. The summed E-state index contributed by atoms with van der Waals surface area (Å²) >= 11 is 6.07. The third-order valence-electron chi connectivity index (χ3n) is 3.33. The van der Waals surface area contributed by atoms with E-state index < -0.39 is 0 Å². The summed E-state index contributed by atoms with van der Waals surface area (Å²) in [6, 6.07) is 24.5. The van der Waals surface area contributed by atoms with Crippen LogP contribution in [0.1, 0.15) is 0 Å². The number of hydrogen-bond acceptors (Lipinski definition) is 1. The lowest BCUT2D eigenvalue weighted by molar-refractivity contribution is 1.59. The number of benzene rings is 3. The molecule has 3 aromatic rings. The van der Waals surface area contributed by atoms with Gasteiger partial charge in [0, 0.05) is 0 Å². The van der Waals surface area contributed by atoms with Crippen molar-refractivity contribution in [2.45, 2.75) is 0 Å². The molecule has 0 aliphatic rings. The average molecular weight is 280 g/mol.